The molecule has 0 aliphatic carbocycles. The Bertz CT molecular complexity index is 691. The molecule has 0 spiro atoms. The minimum atomic E-state index is -0.296. The molecule has 0 fully saturated rings. The third-order valence-corrected chi connectivity index (χ3v) is 4.92. The summed E-state index contributed by atoms with van der Waals surface area (Å²) in [5, 5.41) is 9.96. The molecule has 0 bridgehead atoms. The Hall–Kier alpha value is -1.55. The molecule has 2 rings (SSSR count). The van der Waals surface area contributed by atoms with E-state index in [1.54, 1.807) is 17.0 Å². The van der Waals surface area contributed by atoms with Gasteiger partial charge in [-0.1, -0.05) is 66.0 Å². The number of halogens is 2. The van der Waals surface area contributed by atoms with Crippen molar-refractivity contribution in [1.82, 2.24) is 4.90 Å². The van der Waals surface area contributed by atoms with Crippen LogP contribution in [0.25, 0.3) is 0 Å². The summed E-state index contributed by atoms with van der Waals surface area (Å²) in [6, 6.07) is 15.2. The van der Waals surface area contributed by atoms with Gasteiger partial charge in [0.2, 0.25) is 5.91 Å². The fourth-order valence-corrected chi connectivity index (χ4v) is 3.13. The van der Waals surface area contributed by atoms with E-state index in [9.17, 15) is 4.79 Å². The number of likely N-dealkylation sites (N-methyl/N-ethyl adjacent to an activating group) is 1. The fourth-order valence-electron chi connectivity index (χ4n) is 2.82. The third kappa shape index (κ3) is 5.74. The van der Waals surface area contributed by atoms with Gasteiger partial charge in [-0.05, 0) is 36.1 Å². The maximum atomic E-state index is 13.0. The average molecular weight is 380 g/mol. The van der Waals surface area contributed by atoms with Crippen LogP contribution in [-0.4, -0.2) is 29.6 Å². The molecule has 0 aromatic heterocycles. The summed E-state index contributed by atoms with van der Waals surface area (Å²) in [5.74, 6) is -0.254. The molecule has 1 N–H and O–H groups in total. The van der Waals surface area contributed by atoms with E-state index in [1.165, 1.54) is 0 Å². The number of unbranched alkanes of at least 4 members (excludes halogenated alkanes) is 1. The van der Waals surface area contributed by atoms with Crippen LogP contribution < -0.4 is 0 Å². The van der Waals surface area contributed by atoms with Crippen molar-refractivity contribution in [2.24, 2.45) is 0 Å². The molecule has 0 saturated heterocycles. The van der Waals surface area contributed by atoms with Crippen LogP contribution in [0.2, 0.25) is 10.0 Å². The van der Waals surface area contributed by atoms with Gasteiger partial charge in [-0.25, -0.2) is 0 Å². The molecule has 0 saturated carbocycles. The minimum absolute atomic E-state index is 0.0418. The summed E-state index contributed by atoms with van der Waals surface area (Å²) in [4.78, 5) is 14.8. The average Bonchev–Trinajstić information content (AvgIpc) is 2.61. The van der Waals surface area contributed by atoms with Gasteiger partial charge in [-0.2, -0.15) is 0 Å². The van der Waals surface area contributed by atoms with Gasteiger partial charge in [-0.15, -0.1) is 0 Å². The number of rotatable bonds is 8. The molecule has 5 heteroatoms. The molecule has 1 amide bonds. The summed E-state index contributed by atoms with van der Waals surface area (Å²) in [5.41, 5.74) is 1.94. The fraction of sp³-hybridized carbons (Fsp3) is 0.350. The second-order valence-electron chi connectivity index (χ2n) is 6.13. The monoisotopic (exact) mass is 379 g/mol. The highest BCUT2D eigenvalue weighted by Crippen LogP contribution is 2.30. The number of aliphatic hydroxyl groups is 1. The lowest BCUT2D eigenvalue weighted by atomic mass is 9.92. The Balaban J connectivity index is 2.17. The van der Waals surface area contributed by atoms with Crippen LogP contribution in [0.1, 0.15) is 36.3 Å². The normalized spacial score (nSPS) is 12.0. The quantitative estimate of drug-likeness (QED) is 0.662. The van der Waals surface area contributed by atoms with Crippen molar-refractivity contribution in [3.63, 3.8) is 0 Å². The molecule has 134 valence electrons. The first-order valence-electron chi connectivity index (χ1n) is 8.37. The lowest BCUT2D eigenvalue weighted by Crippen LogP contribution is -2.31. The van der Waals surface area contributed by atoms with Crippen molar-refractivity contribution in [2.45, 2.75) is 31.7 Å². The number of nitrogens with zero attached hydrogens (tertiary/aromatic N) is 1. The zero-order chi connectivity index (χ0) is 18.2. The largest absolute Gasteiger partial charge is 0.396 e. The summed E-state index contributed by atoms with van der Waals surface area (Å²) < 4.78 is 0. The van der Waals surface area contributed by atoms with Gasteiger partial charge >= 0.3 is 0 Å². The molecule has 1 unspecified atom stereocenters. The summed E-state index contributed by atoms with van der Waals surface area (Å²) in [6.45, 7) is 0.680. The van der Waals surface area contributed by atoms with Crippen molar-refractivity contribution in [2.75, 3.05) is 13.7 Å². The lowest BCUT2D eigenvalue weighted by Gasteiger charge is -2.24. The van der Waals surface area contributed by atoms with Gasteiger partial charge in [0.05, 0.1) is 16.0 Å². The van der Waals surface area contributed by atoms with E-state index in [0.29, 0.717) is 29.4 Å². The van der Waals surface area contributed by atoms with Crippen LogP contribution in [0.5, 0.6) is 0 Å². The topological polar surface area (TPSA) is 40.5 Å². The second kappa shape index (κ2) is 9.81. The molecular weight excluding hydrogens is 357 g/mol. The lowest BCUT2D eigenvalue weighted by molar-refractivity contribution is -0.132. The van der Waals surface area contributed by atoms with E-state index in [0.717, 1.165) is 17.5 Å². The summed E-state index contributed by atoms with van der Waals surface area (Å²) in [6.07, 6.45) is 2.11. The predicted molar refractivity (Wildman–Crippen MR) is 103 cm³/mol. The van der Waals surface area contributed by atoms with Crippen molar-refractivity contribution < 1.29 is 9.90 Å². The summed E-state index contributed by atoms with van der Waals surface area (Å²) >= 11 is 12.1. The Morgan fingerprint density at radius 3 is 2.44 bits per heavy atom. The minimum Gasteiger partial charge on any atom is -0.396 e. The first kappa shape index (κ1) is 19.8. The number of hydrogen-bond acceptors (Lipinski definition) is 2. The van der Waals surface area contributed by atoms with Crippen LogP contribution in [0, 0.1) is 0 Å². The molecule has 0 aliphatic heterocycles. The number of aliphatic hydroxyl groups excluding tert-OH is 1. The van der Waals surface area contributed by atoms with Crippen LogP contribution in [0.15, 0.2) is 48.5 Å². The zero-order valence-corrected chi connectivity index (χ0v) is 15.8. The molecular formula is C20H23Cl2NO2. The van der Waals surface area contributed by atoms with Crippen LogP contribution in [-0.2, 0) is 11.3 Å². The Kier molecular flexibility index (Phi) is 7.76. The molecule has 2 aromatic carbocycles. The molecule has 3 nitrogen and oxygen atoms in total. The van der Waals surface area contributed by atoms with Crippen LogP contribution in [0.3, 0.4) is 0 Å². The predicted octanol–water partition coefficient (Wildman–Crippen LogP) is 4.90. The first-order valence-corrected chi connectivity index (χ1v) is 9.13. The highest BCUT2D eigenvalue weighted by atomic mass is 35.5. The number of hydrogen-bond donors (Lipinski definition) is 1. The Labute approximate surface area is 159 Å². The van der Waals surface area contributed by atoms with Gasteiger partial charge in [0, 0.05) is 20.2 Å². The van der Waals surface area contributed by atoms with Gasteiger partial charge in [0.15, 0.2) is 0 Å². The van der Waals surface area contributed by atoms with E-state index in [2.05, 4.69) is 0 Å². The van der Waals surface area contributed by atoms with E-state index >= 15 is 0 Å². The van der Waals surface area contributed by atoms with Gasteiger partial charge in [0.25, 0.3) is 0 Å². The SMILES string of the molecule is CN(Cc1ccccc1)C(=O)C(CCCCO)c1ccc(Cl)c(Cl)c1. The standard InChI is InChI=1S/C20H23Cl2NO2/c1-23(14-15-7-3-2-4-8-15)20(25)17(9-5-6-12-24)16-10-11-18(21)19(22)13-16/h2-4,7-8,10-11,13,17,24H,5-6,9,12,14H2,1H3. The van der Waals surface area contributed by atoms with Gasteiger partial charge in [0.1, 0.15) is 0 Å². The van der Waals surface area contributed by atoms with Crippen LogP contribution >= 0.6 is 23.2 Å². The number of benzene rings is 2. The van der Waals surface area contributed by atoms with Crippen molar-refractivity contribution >= 4 is 29.1 Å². The van der Waals surface area contributed by atoms with E-state index in [-0.39, 0.29) is 18.4 Å². The highest BCUT2D eigenvalue weighted by molar-refractivity contribution is 6.42. The van der Waals surface area contributed by atoms with Gasteiger partial charge < -0.3 is 10.0 Å². The third-order valence-electron chi connectivity index (χ3n) is 4.18. The number of carbonyl (C=O) groups excluding carboxylic acids is 1. The molecule has 0 aliphatic rings. The molecule has 25 heavy (non-hydrogen) atoms. The number of carbonyl (C=O) groups is 1. The van der Waals surface area contributed by atoms with E-state index < -0.39 is 0 Å². The summed E-state index contributed by atoms with van der Waals surface area (Å²) in [7, 11) is 1.81. The Morgan fingerprint density at radius 1 is 1.08 bits per heavy atom. The van der Waals surface area contributed by atoms with Crippen molar-refractivity contribution in [1.29, 1.82) is 0 Å². The number of amides is 1. The van der Waals surface area contributed by atoms with E-state index in [4.69, 9.17) is 28.3 Å². The van der Waals surface area contributed by atoms with E-state index in [1.807, 2.05) is 43.4 Å². The maximum Gasteiger partial charge on any atom is 0.230 e. The van der Waals surface area contributed by atoms with Gasteiger partial charge in [-0.3, -0.25) is 4.79 Å². The smallest absolute Gasteiger partial charge is 0.230 e. The van der Waals surface area contributed by atoms with Crippen molar-refractivity contribution in [3.8, 4) is 0 Å². The molecule has 2 aromatic rings. The first-order chi connectivity index (χ1) is 12.0. The Morgan fingerprint density at radius 2 is 1.80 bits per heavy atom. The molecule has 1 atom stereocenters. The molecule has 0 radical (unpaired) electrons. The molecule has 0 heterocycles. The zero-order valence-electron chi connectivity index (χ0n) is 14.3. The van der Waals surface area contributed by atoms with Crippen LogP contribution in [0.4, 0.5) is 0 Å². The highest BCUT2D eigenvalue weighted by Gasteiger charge is 2.24. The van der Waals surface area contributed by atoms with Crippen molar-refractivity contribution in [3.05, 3.63) is 69.7 Å². The maximum absolute atomic E-state index is 13.0. The second-order valence-corrected chi connectivity index (χ2v) is 6.94.